The van der Waals surface area contributed by atoms with E-state index in [1.807, 2.05) is 6.92 Å². The van der Waals surface area contributed by atoms with Crippen molar-refractivity contribution in [1.29, 1.82) is 0 Å². The Bertz CT molecular complexity index is 388. The number of rotatable bonds is 5. The summed E-state index contributed by atoms with van der Waals surface area (Å²) in [6, 6.07) is 2.77. The van der Waals surface area contributed by atoms with Gasteiger partial charge in [-0.15, -0.1) is 0 Å². The maximum absolute atomic E-state index is 13.1. The predicted octanol–water partition coefficient (Wildman–Crippen LogP) is 3.50. The highest BCUT2D eigenvalue weighted by Crippen LogP contribution is 2.19. The monoisotopic (exact) mass is 261 g/mol. The van der Waals surface area contributed by atoms with E-state index in [9.17, 15) is 13.6 Å². The Labute approximate surface area is 103 Å². The molecule has 0 atom stereocenters. The molecule has 1 aromatic carbocycles. The summed E-state index contributed by atoms with van der Waals surface area (Å²) < 4.78 is 33.2. The molecule has 1 rings (SSSR count). The van der Waals surface area contributed by atoms with Crippen LogP contribution in [-0.2, 0) is 0 Å². The minimum absolute atomic E-state index is 0.277. The second-order valence-corrected chi connectivity index (χ2v) is 4.10. The number of carbonyl (C=O) groups is 1. The van der Waals surface area contributed by atoms with Gasteiger partial charge in [-0.2, -0.15) is 0 Å². The van der Waals surface area contributed by atoms with E-state index in [0.717, 1.165) is 36.9 Å². The molecule has 0 bridgehead atoms. The number of hydrogen-bond acceptors (Lipinski definition) is 4. The lowest BCUT2D eigenvalue weighted by Crippen LogP contribution is -2.12. The van der Waals surface area contributed by atoms with E-state index in [4.69, 9.17) is 4.74 Å². The molecule has 0 radical (unpaired) electrons. The summed E-state index contributed by atoms with van der Waals surface area (Å²) in [5.41, 5.74) is 0. The third-order valence-corrected chi connectivity index (χ3v) is 2.47. The van der Waals surface area contributed by atoms with Gasteiger partial charge in [0.05, 0.1) is 0 Å². The molecule has 1 aromatic rings. The number of carbonyl (C=O) groups excluding carboxylic acids is 1. The first-order chi connectivity index (χ1) is 8.13. The van der Waals surface area contributed by atoms with Crippen molar-refractivity contribution >= 4 is 17.2 Å². The van der Waals surface area contributed by atoms with E-state index in [1.54, 1.807) is 0 Å². The van der Waals surface area contributed by atoms with Crippen LogP contribution in [0.4, 0.5) is 13.6 Å². The zero-order valence-electron chi connectivity index (χ0n) is 9.33. The largest absolute Gasteiger partial charge is 0.414 e. The summed E-state index contributed by atoms with van der Waals surface area (Å²) in [4.78, 5) is 11.2. The molecule has 0 aliphatic heterocycles. The minimum atomic E-state index is -0.896. The summed E-state index contributed by atoms with van der Waals surface area (Å²) in [5.74, 6) is -1.88. The molecule has 0 spiro atoms. The van der Waals surface area contributed by atoms with Gasteiger partial charge in [0.25, 0.3) is 0 Å². The summed E-state index contributed by atoms with van der Waals surface area (Å²) in [6.45, 7) is 2.70. The lowest BCUT2D eigenvalue weighted by Gasteiger charge is -2.05. The van der Waals surface area contributed by atoms with Crippen LogP contribution in [0.3, 0.4) is 0 Å². The first-order valence-corrected chi connectivity index (χ1v) is 6.01. The standard InChI is InChI=1S/C11H13F2NO2S/c1-2-3-6-14-17-11(15)16-10-5-4-8(12)7-9(10)13/h4-5,7,14H,2-3,6H2,1H3. The van der Waals surface area contributed by atoms with Gasteiger partial charge < -0.3 is 4.74 Å². The Morgan fingerprint density at radius 1 is 1.47 bits per heavy atom. The topological polar surface area (TPSA) is 38.3 Å². The molecule has 3 nitrogen and oxygen atoms in total. The number of nitrogens with one attached hydrogen (secondary N) is 1. The molecule has 6 heteroatoms. The van der Waals surface area contributed by atoms with Crippen molar-refractivity contribution in [2.24, 2.45) is 0 Å². The highest BCUT2D eigenvalue weighted by atomic mass is 32.2. The molecule has 0 aliphatic rings. The molecule has 0 unspecified atom stereocenters. The van der Waals surface area contributed by atoms with Gasteiger partial charge in [-0.05, 0) is 18.6 Å². The zero-order valence-corrected chi connectivity index (χ0v) is 10.2. The SMILES string of the molecule is CCCCNSC(=O)Oc1ccc(F)cc1F. The van der Waals surface area contributed by atoms with Crippen LogP contribution < -0.4 is 9.46 Å². The van der Waals surface area contributed by atoms with Gasteiger partial charge in [-0.3, -0.25) is 4.72 Å². The number of halogens is 2. The molecule has 1 N–H and O–H groups in total. The first kappa shape index (κ1) is 13.9. The smallest absolute Gasteiger partial charge is 0.388 e. The van der Waals surface area contributed by atoms with Crippen molar-refractivity contribution in [1.82, 2.24) is 4.72 Å². The molecule has 0 aromatic heterocycles. The quantitative estimate of drug-likeness (QED) is 0.500. The van der Waals surface area contributed by atoms with Crippen molar-refractivity contribution in [3.05, 3.63) is 29.8 Å². The van der Waals surface area contributed by atoms with E-state index in [-0.39, 0.29) is 5.75 Å². The Kier molecular flexibility index (Phi) is 5.93. The van der Waals surface area contributed by atoms with Crippen LogP contribution in [0.5, 0.6) is 5.75 Å². The second kappa shape index (κ2) is 7.24. The first-order valence-electron chi connectivity index (χ1n) is 5.20. The third kappa shape index (κ3) is 5.14. The van der Waals surface area contributed by atoms with Gasteiger partial charge in [0.1, 0.15) is 5.82 Å². The number of benzene rings is 1. The van der Waals surface area contributed by atoms with Crippen LogP contribution in [0.2, 0.25) is 0 Å². The minimum Gasteiger partial charge on any atom is -0.414 e. The van der Waals surface area contributed by atoms with Gasteiger partial charge in [0, 0.05) is 24.6 Å². The maximum Gasteiger partial charge on any atom is 0.388 e. The molecule has 0 saturated carbocycles. The fraction of sp³-hybridized carbons (Fsp3) is 0.364. The van der Waals surface area contributed by atoms with Crippen LogP contribution in [0.1, 0.15) is 19.8 Å². The number of ether oxygens (including phenoxy) is 1. The van der Waals surface area contributed by atoms with Gasteiger partial charge in [0.15, 0.2) is 11.6 Å². The van der Waals surface area contributed by atoms with Gasteiger partial charge in [-0.25, -0.2) is 13.6 Å². The summed E-state index contributed by atoms with van der Waals surface area (Å²) in [5, 5.41) is -0.674. The van der Waals surface area contributed by atoms with Crippen molar-refractivity contribution in [3.8, 4) is 5.75 Å². The van der Waals surface area contributed by atoms with E-state index in [1.165, 1.54) is 0 Å². The van der Waals surface area contributed by atoms with Crippen molar-refractivity contribution in [2.75, 3.05) is 6.54 Å². The molecular weight excluding hydrogens is 248 g/mol. The predicted molar refractivity (Wildman–Crippen MR) is 62.9 cm³/mol. The summed E-state index contributed by atoms with van der Waals surface area (Å²) in [7, 11) is 0. The van der Waals surface area contributed by atoms with Crippen LogP contribution >= 0.6 is 11.9 Å². The van der Waals surface area contributed by atoms with Gasteiger partial charge >= 0.3 is 5.30 Å². The van der Waals surface area contributed by atoms with E-state index in [2.05, 4.69) is 4.72 Å². The van der Waals surface area contributed by atoms with Crippen LogP contribution in [0.15, 0.2) is 18.2 Å². The highest BCUT2D eigenvalue weighted by molar-refractivity contribution is 8.11. The Morgan fingerprint density at radius 2 is 2.24 bits per heavy atom. The van der Waals surface area contributed by atoms with Crippen LogP contribution in [-0.4, -0.2) is 11.8 Å². The van der Waals surface area contributed by atoms with Crippen molar-refractivity contribution in [2.45, 2.75) is 19.8 Å². The van der Waals surface area contributed by atoms with E-state index in [0.29, 0.717) is 12.6 Å². The Hall–Kier alpha value is -1.14. The average Bonchev–Trinajstić information content (AvgIpc) is 2.28. The van der Waals surface area contributed by atoms with Crippen molar-refractivity contribution in [3.63, 3.8) is 0 Å². The van der Waals surface area contributed by atoms with Gasteiger partial charge in [-0.1, -0.05) is 13.3 Å². The van der Waals surface area contributed by atoms with Crippen LogP contribution in [0.25, 0.3) is 0 Å². The normalized spacial score (nSPS) is 10.3. The zero-order chi connectivity index (χ0) is 12.7. The van der Waals surface area contributed by atoms with E-state index >= 15 is 0 Å². The number of unbranched alkanes of at least 4 members (excludes halogenated alkanes) is 1. The third-order valence-electron chi connectivity index (χ3n) is 1.88. The average molecular weight is 261 g/mol. The second-order valence-electron chi connectivity index (χ2n) is 3.28. The molecule has 94 valence electrons. The highest BCUT2D eigenvalue weighted by Gasteiger charge is 2.10. The molecule has 0 aliphatic carbocycles. The maximum atomic E-state index is 13.1. The van der Waals surface area contributed by atoms with E-state index < -0.39 is 16.9 Å². The lowest BCUT2D eigenvalue weighted by molar-refractivity contribution is 0.224. The fourth-order valence-corrected chi connectivity index (χ4v) is 1.52. The number of hydrogen-bond donors (Lipinski definition) is 1. The molecule has 17 heavy (non-hydrogen) atoms. The summed E-state index contributed by atoms with van der Waals surface area (Å²) >= 11 is 0.753. The summed E-state index contributed by atoms with van der Waals surface area (Å²) in [6.07, 6.45) is 1.94. The molecule has 0 saturated heterocycles. The molecule has 0 fully saturated rings. The Balaban J connectivity index is 2.40. The molecule has 0 heterocycles. The van der Waals surface area contributed by atoms with Crippen molar-refractivity contribution < 1.29 is 18.3 Å². The molecule has 0 amide bonds. The van der Waals surface area contributed by atoms with Crippen LogP contribution in [0, 0.1) is 11.6 Å². The fourth-order valence-electron chi connectivity index (χ4n) is 1.03. The molecular formula is C11H13F2NO2S. The lowest BCUT2D eigenvalue weighted by atomic mass is 10.3. The van der Waals surface area contributed by atoms with Gasteiger partial charge in [0.2, 0.25) is 0 Å². The Morgan fingerprint density at radius 3 is 2.88 bits per heavy atom.